The number of thiocarbonyl (C=S) groups is 1. The molecular weight excluding hydrogens is 413 g/mol. The van der Waals surface area contributed by atoms with Gasteiger partial charge in [-0.25, -0.2) is 4.98 Å². The highest BCUT2D eigenvalue weighted by atomic mass is 35.5. The summed E-state index contributed by atoms with van der Waals surface area (Å²) in [6.45, 7) is 2.21. The minimum absolute atomic E-state index is 0.380. The maximum atomic E-state index is 6.12. The molecule has 0 aliphatic carbocycles. The van der Waals surface area contributed by atoms with E-state index in [0.717, 1.165) is 17.1 Å². The van der Waals surface area contributed by atoms with Crippen LogP contribution in [0.15, 0.2) is 46.9 Å². The molecule has 0 bridgehead atoms. The van der Waals surface area contributed by atoms with Crippen molar-refractivity contribution in [1.29, 1.82) is 0 Å². The Morgan fingerprint density at radius 3 is 2.54 bits per heavy atom. The van der Waals surface area contributed by atoms with Gasteiger partial charge < -0.3 is 15.1 Å². The van der Waals surface area contributed by atoms with Gasteiger partial charge in [-0.05, 0) is 61.6 Å². The molecular formula is C18H14Cl3N3OS. The number of rotatable bonds is 4. The topological polar surface area (TPSA) is 50.1 Å². The third kappa shape index (κ3) is 4.68. The standard InChI is InChI=1S/C18H14Cl3N3OS/c1-10-14(20)8-15(21)17(23-10)24-18(26)22-9-13-6-7-16(25-13)11-2-4-12(19)5-3-11/h2-8H,9H2,1H3,(H2,22,23,24,26). The summed E-state index contributed by atoms with van der Waals surface area (Å²) in [6, 6.07) is 12.9. The molecule has 2 aromatic heterocycles. The average molecular weight is 427 g/mol. The normalized spacial score (nSPS) is 10.6. The molecule has 0 saturated carbocycles. The molecule has 0 aliphatic heterocycles. The second-order valence-electron chi connectivity index (χ2n) is 5.47. The number of anilines is 1. The number of benzene rings is 1. The molecule has 2 heterocycles. The third-order valence-electron chi connectivity index (χ3n) is 3.55. The SMILES string of the molecule is Cc1nc(NC(=S)NCc2ccc(-c3ccc(Cl)cc3)o2)c(Cl)cc1Cl. The van der Waals surface area contributed by atoms with E-state index in [2.05, 4.69) is 15.6 Å². The molecule has 0 spiro atoms. The number of halogens is 3. The van der Waals surface area contributed by atoms with Crippen LogP contribution in [0.4, 0.5) is 5.82 Å². The first-order chi connectivity index (χ1) is 12.4. The number of pyridine rings is 1. The summed E-state index contributed by atoms with van der Waals surface area (Å²) < 4.78 is 5.82. The highest BCUT2D eigenvalue weighted by Crippen LogP contribution is 2.26. The maximum Gasteiger partial charge on any atom is 0.172 e. The van der Waals surface area contributed by atoms with E-state index in [-0.39, 0.29) is 0 Å². The summed E-state index contributed by atoms with van der Waals surface area (Å²) in [4.78, 5) is 4.28. The number of nitrogens with zero attached hydrogens (tertiary/aromatic N) is 1. The lowest BCUT2D eigenvalue weighted by Crippen LogP contribution is -2.28. The van der Waals surface area contributed by atoms with Gasteiger partial charge in [0.2, 0.25) is 0 Å². The van der Waals surface area contributed by atoms with Crippen LogP contribution in [0.2, 0.25) is 15.1 Å². The number of hydrogen-bond donors (Lipinski definition) is 2. The number of aryl methyl sites for hydroxylation is 1. The van der Waals surface area contributed by atoms with Crippen LogP contribution >= 0.6 is 47.0 Å². The van der Waals surface area contributed by atoms with Crippen LogP contribution in [-0.4, -0.2) is 10.1 Å². The van der Waals surface area contributed by atoms with Crippen LogP contribution in [0.5, 0.6) is 0 Å². The fourth-order valence-electron chi connectivity index (χ4n) is 2.21. The molecule has 0 atom stereocenters. The van der Waals surface area contributed by atoms with Gasteiger partial charge in [-0.2, -0.15) is 0 Å². The molecule has 8 heteroatoms. The minimum atomic E-state index is 0.380. The van der Waals surface area contributed by atoms with E-state index in [9.17, 15) is 0 Å². The average Bonchev–Trinajstić information content (AvgIpc) is 3.07. The van der Waals surface area contributed by atoms with E-state index in [1.54, 1.807) is 13.0 Å². The highest BCUT2D eigenvalue weighted by molar-refractivity contribution is 7.80. The highest BCUT2D eigenvalue weighted by Gasteiger charge is 2.09. The Bertz CT molecular complexity index is 941. The smallest absolute Gasteiger partial charge is 0.172 e. The lowest BCUT2D eigenvalue weighted by atomic mass is 10.2. The van der Waals surface area contributed by atoms with Crippen molar-refractivity contribution in [2.75, 3.05) is 5.32 Å². The molecule has 4 nitrogen and oxygen atoms in total. The van der Waals surface area contributed by atoms with Crippen LogP contribution in [-0.2, 0) is 6.54 Å². The number of hydrogen-bond acceptors (Lipinski definition) is 3. The molecule has 2 N–H and O–H groups in total. The van der Waals surface area contributed by atoms with E-state index in [1.165, 1.54) is 0 Å². The van der Waals surface area contributed by atoms with Crippen LogP contribution in [0.1, 0.15) is 11.5 Å². The van der Waals surface area contributed by atoms with Gasteiger partial charge >= 0.3 is 0 Å². The van der Waals surface area contributed by atoms with Gasteiger partial charge in [-0.15, -0.1) is 0 Å². The van der Waals surface area contributed by atoms with Crippen molar-refractivity contribution >= 4 is 58.0 Å². The molecule has 0 saturated heterocycles. The molecule has 0 amide bonds. The van der Waals surface area contributed by atoms with Crippen molar-refractivity contribution in [2.45, 2.75) is 13.5 Å². The van der Waals surface area contributed by atoms with Gasteiger partial charge in [0.05, 0.1) is 22.3 Å². The lowest BCUT2D eigenvalue weighted by Gasteiger charge is -2.11. The van der Waals surface area contributed by atoms with Gasteiger partial charge in [0.15, 0.2) is 10.9 Å². The van der Waals surface area contributed by atoms with Gasteiger partial charge in [0.25, 0.3) is 0 Å². The maximum absolute atomic E-state index is 6.12. The Balaban J connectivity index is 1.60. The summed E-state index contributed by atoms with van der Waals surface area (Å²) in [5, 5.41) is 7.98. The second kappa shape index (κ2) is 8.27. The van der Waals surface area contributed by atoms with Crippen molar-refractivity contribution in [3.05, 3.63) is 69.0 Å². The summed E-state index contributed by atoms with van der Waals surface area (Å²) in [5.74, 6) is 1.95. The van der Waals surface area contributed by atoms with Crippen LogP contribution < -0.4 is 10.6 Å². The summed E-state index contributed by atoms with van der Waals surface area (Å²) in [5.41, 5.74) is 1.62. The van der Waals surface area contributed by atoms with Gasteiger partial charge in [-0.1, -0.05) is 34.8 Å². The van der Waals surface area contributed by atoms with Gasteiger partial charge in [0, 0.05) is 10.6 Å². The Labute approximate surface area is 171 Å². The van der Waals surface area contributed by atoms with Crippen molar-refractivity contribution in [3.63, 3.8) is 0 Å². The Morgan fingerprint density at radius 2 is 1.81 bits per heavy atom. The minimum Gasteiger partial charge on any atom is -0.459 e. The molecule has 3 aromatic rings. The zero-order valence-electron chi connectivity index (χ0n) is 13.6. The van der Waals surface area contributed by atoms with E-state index in [4.69, 9.17) is 51.4 Å². The Hall–Kier alpha value is -1.79. The number of nitrogens with one attached hydrogen (secondary N) is 2. The molecule has 1 aromatic carbocycles. The molecule has 0 unspecified atom stereocenters. The molecule has 134 valence electrons. The quantitative estimate of drug-likeness (QED) is 0.494. The zero-order valence-corrected chi connectivity index (χ0v) is 16.7. The van der Waals surface area contributed by atoms with Crippen LogP contribution in [0.3, 0.4) is 0 Å². The van der Waals surface area contributed by atoms with E-state index in [0.29, 0.717) is 38.2 Å². The molecule has 0 aliphatic rings. The monoisotopic (exact) mass is 425 g/mol. The zero-order chi connectivity index (χ0) is 18.7. The first-order valence-corrected chi connectivity index (χ1v) is 9.19. The fourth-order valence-corrected chi connectivity index (χ4v) is 2.91. The first-order valence-electron chi connectivity index (χ1n) is 7.64. The lowest BCUT2D eigenvalue weighted by molar-refractivity contribution is 0.516. The van der Waals surface area contributed by atoms with Crippen molar-refractivity contribution in [2.24, 2.45) is 0 Å². The summed E-state index contributed by atoms with van der Waals surface area (Å²) >= 11 is 23.3. The van der Waals surface area contributed by atoms with E-state index >= 15 is 0 Å². The third-order valence-corrected chi connectivity index (χ3v) is 4.72. The summed E-state index contributed by atoms with van der Waals surface area (Å²) in [7, 11) is 0. The first kappa shape index (κ1) is 19.0. The molecule has 26 heavy (non-hydrogen) atoms. The Kier molecular flexibility index (Phi) is 6.04. The molecule has 3 rings (SSSR count). The van der Waals surface area contributed by atoms with Crippen molar-refractivity contribution in [3.8, 4) is 11.3 Å². The van der Waals surface area contributed by atoms with E-state index in [1.807, 2.05) is 36.4 Å². The van der Waals surface area contributed by atoms with E-state index < -0.39 is 0 Å². The van der Waals surface area contributed by atoms with Crippen LogP contribution in [0.25, 0.3) is 11.3 Å². The number of furan rings is 1. The van der Waals surface area contributed by atoms with Crippen molar-refractivity contribution in [1.82, 2.24) is 10.3 Å². The van der Waals surface area contributed by atoms with Crippen molar-refractivity contribution < 1.29 is 4.42 Å². The molecule has 0 radical (unpaired) electrons. The number of aromatic nitrogens is 1. The van der Waals surface area contributed by atoms with Gasteiger partial charge in [-0.3, -0.25) is 0 Å². The van der Waals surface area contributed by atoms with Crippen LogP contribution in [0, 0.1) is 6.92 Å². The predicted molar refractivity (Wildman–Crippen MR) is 111 cm³/mol. The Morgan fingerprint density at radius 1 is 1.08 bits per heavy atom. The fraction of sp³-hybridized carbons (Fsp3) is 0.111. The van der Waals surface area contributed by atoms with Gasteiger partial charge in [0.1, 0.15) is 11.5 Å². The molecule has 0 fully saturated rings. The largest absolute Gasteiger partial charge is 0.459 e. The summed E-state index contributed by atoms with van der Waals surface area (Å²) in [6.07, 6.45) is 0. The predicted octanol–water partition coefficient (Wildman–Crippen LogP) is 6.10. The second-order valence-corrected chi connectivity index (χ2v) is 7.13.